The van der Waals surface area contributed by atoms with Crippen molar-refractivity contribution in [2.24, 2.45) is 4.99 Å². The molecule has 0 saturated carbocycles. The van der Waals surface area contributed by atoms with E-state index < -0.39 is 0 Å². The van der Waals surface area contributed by atoms with Gasteiger partial charge in [0.2, 0.25) is 0 Å². The van der Waals surface area contributed by atoms with Gasteiger partial charge in [-0.05, 0) is 12.1 Å². The SMILES string of the molecule is O=C1NCC2=NCCN2c2ccccc21. The highest BCUT2D eigenvalue weighted by Gasteiger charge is 2.26. The third-order valence-corrected chi connectivity index (χ3v) is 2.78. The van der Waals surface area contributed by atoms with Crippen molar-refractivity contribution in [1.29, 1.82) is 0 Å². The minimum atomic E-state index is -0.0114. The van der Waals surface area contributed by atoms with Crippen LogP contribution in [-0.2, 0) is 0 Å². The summed E-state index contributed by atoms with van der Waals surface area (Å²) in [5.41, 5.74) is 1.72. The van der Waals surface area contributed by atoms with E-state index in [9.17, 15) is 4.79 Å². The first-order valence-electron chi connectivity index (χ1n) is 5.04. The van der Waals surface area contributed by atoms with E-state index in [-0.39, 0.29) is 5.91 Å². The van der Waals surface area contributed by atoms with Crippen molar-refractivity contribution in [3.05, 3.63) is 29.8 Å². The normalized spacial score (nSPS) is 18.8. The van der Waals surface area contributed by atoms with Crippen molar-refractivity contribution < 1.29 is 4.79 Å². The van der Waals surface area contributed by atoms with Gasteiger partial charge in [0, 0.05) is 6.54 Å². The molecule has 4 nitrogen and oxygen atoms in total. The first-order chi connectivity index (χ1) is 7.36. The molecular formula is C11H11N3O. The van der Waals surface area contributed by atoms with Gasteiger partial charge in [-0.2, -0.15) is 0 Å². The van der Waals surface area contributed by atoms with Gasteiger partial charge in [-0.1, -0.05) is 12.1 Å². The molecule has 76 valence electrons. The number of benzene rings is 1. The topological polar surface area (TPSA) is 44.7 Å². The number of nitrogens with zero attached hydrogens (tertiary/aromatic N) is 2. The summed E-state index contributed by atoms with van der Waals surface area (Å²) < 4.78 is 0. The lowest BCUT2D eigenvalue weighted by molar-refractivity contribution is 0.0961. The molecule has 0 radical (unpaired) electrons. The minimum Gasteiger partial charge on any atom is -0.345 e. The van der Waals surface area contributed by atoms with Crippen LogP contribution in [0.1, 0.15) is 10.4 Å². The number of fused-ring (bicyclic) bond motifs is 3. The predicted molar refractivity (Wildman–Crippen MR) is 58.4 cm³/mol. The first kappa shape index (κ1) is 8.47. The molecule has 2 aliphatic rings. The Bertz CT molecular complexity index is 453. The largest absolute Gasteiger partial charge is 0.345 e. The van der Waals surface area contributed by atoms with Crippen LogP contribution in [0, 0.1) is 0 Å². The highest BCUT2D eigenvalue weighted by Crippen LogP contribution is 2.24. The number of anilines is 1. The Labute approximate surface area is 87.6 Å². The molecule has 4 heteroatoms. The van der Waals surface area contributed by atoms with Gasteiger partial charge < -0.3 is 10.2 Å². The molecule has 1 aromatic rings. The van der Waals surface area contributed by atoms with Gasteiger partial charge in [0.25, 0.3) is 5.91 Å². The second-order valence-corrected chi connectivity index (χ2v) is 3.65. The highest BCUT2D eigenvalue weighted by molar-refractivity contribution is 6.12. The molecule has 0 aliphatic carbocycles. The first-order valence-corrected chi connectivity index (χ1v) is 5.04. The summed E-state index contributed by atoms with van der Waals surface area (Å²) >= 11 is 0. The summed E-state index contributed by atoms with van der Waals surface area (Å²) in [4.78, 5) is 18.2. The van der Waals surface area contributed by atoms with Crippen molar-refractivity contribution >= 4 is 17.4 Å². The van der Waals surface area contributed by atoms with Gasteiger partial charge in [-0.25, -0.2) is 0 Å². The summed E-state index contributed by atoms with van der Waals surface area (Å²) in [6.45, 7) is 2.23. The quantitative estimate of drug-likeness (QED) is 0.669. The number of nitrogens with one attached hydrogen (secondary N) is 1. The minimum absolute atomic E-state index is 0.0114. The monoisotopic (exact) mass is 201 g/mol. The molecule has 0 atom stereocenters. The van der Waals surface area contributed by atoms with Crippen LogP contribution in [0.4, 0.5) is 5.69 Å². The van der Waals surface area contributed by atoms with E-state index in [0.717, 1.165) is 30.2 Å². The summed E-state index contributed by atoms with van der Waals surface area (Å²) in [6, 6.07) is 7.66. The van der Waals surface area contributed by atoms with Crippen molar-refractivity contribution in [3.63, 3.8) is 0 Å². The summed E-state index contributed by atoms with van der Waals surface area (Å²) in [6.07, 6.45) is 0. The number of amides is 1. The van der Waals surface area contributed by atoms with E-state index in [2.05, 4.69) is 15.2 Å². The fourth-order valence-corrected chi connectivity index (χ4v) is 2.06. The van der Waals surface area contributed by atoms with Crippen LogP contribution >= 0.6 is 0 Å². The number of amidine groups is 1. The second-order valence-electron chi connectivity index (χ2n) is 3.65. The van der Waals surface area contributed by atoms with Crippen molar-refractivity contribution in [1.82, 2.24) is 5.32 Å². The molecule has 1 N–H and O–H groups in total. The van der Waals surface area contributed by atoms with E-state index in [1.807, 2.05) is 24.3 Å². The van der Waals surface area contributed by atoms with E-state index in [0.29, 0.717) is 6.54 Å². The molecule has 0 bridgehead atoms. The highest BCUT2D eigenvalue weighted by atomic mass is 16.1. The molecule has 0 fully saturated rings. The Balaban J connectivity index is 2.17. The Morgan fingerprint density at radius 3 is 3.13 bits per heavy atom. The number of rotatable bonds is 0. The third-order valence-electron chi connectivity index (χ3n) is 2.78. The Morgan fingerprint density at radius 1 is 1.33 bits per heavy atom. The average Bonchev–Trinajstić information content (AvgIpc) is 2.69. The number of carbonyl (C=O) groups is 1. The van der Waals surface area contributed by atoms with Crippen LogP contribution in [0.3, 0.4) is 0 Å². The Kier molecular flexibility index (Phi) is 1.74. The molecule has 0 aromatic heterocycles. The zero-order chi connectivity index (χ0) is 10.3. The van der Waals surface area contributed by atoms with E-state index in [1.165, 1.54) is 0 Å². The van der Waals surface area contributed by atoms with Crippen molar-refractivity contribution in [3.8, 4) is 0 Å². The van der Waals surface area contributed by atoms with Crippen LogP contribution in [0.5, 0.6) is 0 Å². The zero-order valence-corrected chi connectivity index (χ0v) is 8.23. The fraction of sp³-hybridized carbons (Fsp3) is 0.273. The van der Waals surface area contributed by atoms with Crippen LogP contribution in [0.25, 0.3) is 0 Å². The maximum atomic E-state index is 11.7. The van der Waals surface area contributed by atoms with E-state index in [4.69, 9.17) is 0 Å². The van der Waals surface area contributed by atoms with Gasteiger partial charge in [-0.15, -0.1) is 0 Å². The summed E-state index contributed by atoms with van der Waals surface area (Å²) in [7, 11) is 0. The Hall–Kier alpha value is -1.84. The number of hydrogen-bond acceptors (Lipinski definition) is 3. The molecule has 1 amide bonds. The number of aliphatic imine (C=N–C) groups is 1. The summed E-state index contributed by atoms with van der Waals surface area (Å²) in [5.74, 6) is 0.955. The molecule has 3 rings (SSSR count). The lowest BCUT2D eigenvalue weighted by atomic mass is 10.1. The predicted octanol–water partition coefficient (Wildman–Crippen LogP) is 0.648. The maximum absolute atomic E-state index is 11.7. The Morgan fingerprint density at radius 2 is 2.20 bits per heavy atom. The van der Waals surface area contributed by atoms with Gasteiger partial charge in [-0.3, -0.25) is 9.79 Å². The fourth-order valence-electron chi connectivity index (χ4n) is 2.06. The van der Waals surface area contributed by atoms with Gasteiger partial charge in [0.15, 0.2) is 0 Å². The molecular weight excluding hydrogens is 190 g/mol. The molecule has 15 heavy (non-hydrogen) atoms. The molecule has 1 aromatic carbocycles. The van der Waals surface area contributed by atoms with Crippen molar-refractivity contribution in [2.75, 3.05) is 24.5 Å². The van der Waals surface area contributed by atoms with Crippen LogP contribution in [0.15, 0.2) is 29.3 Å². The van der Waals surface area contributed by atoms with Crippen LogP contribution in [0.2, 0.25) is 0 Å². The zero-order valence-electron chi connectivity index (χ0n) is 8.23. The van der Waals surface area contributed by atoms with E-state index >= 15 is 0 Å². The van der Waals surface area contributed by atoms with Gasteiger partial charge in [0.1, 0.15) is 5.84 Å². The lowest BCUT2D eigenvalue weighted by Gasteiger charge is -2.18. The maximum Gasteiger partial charge on any atom is 0.253 e. The van der Waals surface area contributed by atoms with Gasteiger partial charge in [0.05, 0.1) is 24.3 Å². The number of carbonyl (C=O) groups excluding carboxylic acids is 1. The molecule has 0 saturated heterocycles. The standard InChI is InChI=1S/C11H11N3O/c15-11-8-3-1-2-4-9(8)14-6-5-12-10(14)7-13-11/h1-4H,5-7H2,(H,13,15). The van der Waals surface area contributed by atoms with Gasteiger partial charge >= 0.3 is 0 Å². The summed E-state index contributed by atoms with van der Waals surface area (Å²) in [5, 5.41) is 2.86. The van der Waals surface area contributed by atoms with Crippen LogP contribution < -0.4 is 10.2 Å². The lowest BCUT2D eigenvalue weighted by Crippen LogP contribution is -2.33. The van der Waals surface area contributed by atoms with Crippen molar-refractivity contribution in [2.45, 2.75) is 0 Å². The number of hydrogen-bond donors (Lipinski definition) is 1. The number of para-hydroxylation sites is 1. The average molecular weight is 201 g/mol. The molecule has 0 spiro atoms. The molecule has 0 unspecified atom stereocenters. The second kappa shape index (κ2) is 3.08. The molecule has 2 heterocycles. The smallest absolute Gasteiger partial charge is 0.253 e. The molecule has 2 aliphatic heterocycles. The van der Waals surface area contributed by atoms with E-state index in [1.54, 1.807) is 0 Å². The van der Waals surface area contributed by atoms with Crippen LogP contribution in [-0.4, -0.2) is 31.4 Å². The third kappa shape index (κ3) is 1.21.